The molecule has 0 saturated heterocycles. The Morgan fingerprint density at radius 3 is 2.62 bits per heavy atom. The summed E-state index contributed by atoms with van der Waals surface area (Å²) in [6, 6.07) is 11.8. The van der Waals surface area contributed by atoms with Crippen LogP contribution in [0.2, 0.25) is 0 Å². The number of imidazole rings is 1. The van der Waals surface area contributed by atoms with Crippen LogP contribution < -0.4 is 5.43 Å². The van der Waals surface area contributed by atoms with E-state index >= 15 is 0 Å². The fourth-order valence-electron chi connectivity index (χ4n) is 2.38. The van der Waals surface area contributed by atoms with Crippen LogP contribution in [0.5, 0.6) is 0 Å². The summed E-state index contributed by atoms with van der Waals surface area (Å²) in [5.74, 6) is -0.133. The minimum absolute atomic E-state index is 0.133. The van der Waals surface area contributed by atoms with Crippen LogP contribution >= 0.6 is 0 Å². The molecule has 2 aromatic heterocycles. The van der Waals surface area contributed by atoms with E-state index in [9.17, 15) is 4.79 Å². The van der Waals surface area contributed by atoms with Gasteiger partial charge < -0.3 is 9.13 Å². The van der Waals surface area contributed by atoms with Crippen molar-refractivity contribution in [3.05, 3.63) is 72.6 Å². The van der Waals surface area contributed by atoms with Gasteiger partial charge in [-0.15, -0.1) is 0 Å². The molecule has 122 valence electrons. The number of aromatic nitrogens is 3. The summed E-state index contributed by atoms with van der Waals surface area (Å²) < 4.78 is 3.85. The number of carbonyl (C=O) groups excluding carboxylic acids is 1. The second-order valence-electron chi connectivity index (χ2n) is 5.54. The molecule has 3 rings (SSSR count). The Bertz CT molecular complexity index is 844. The third kappa shape index (κ3) is 3.60. The monoisotopic (exact) mass is 321 g/mol. The summed E-state index contributed by atoms with van der Waals surface area (Å²) in [7, 11) is 1.92. The lowest BCUT2D eigenvalue weighted by Gasteiger charge is -2.06. The summed E-state index contributed by atoms with van der Waals surface area (Å²) in [4.78, 5) is 16.0. The van der Waals surface area contributed by atoms with Crippen LogP contribution in [0.4, 0.5) is 0 Å². The van der Waals surface area contributed by atoms with Crippen LogP contribution in [-0.4, -0.2) is 25.7 Å². The van der Waals surface area contributed by atoms with Crippen LogP contribution in [0.15, 0.2) is 66.4 Å². The predicted octanol–water partition coefficient (Wildman–Crippen LogP) is 2.29. The van der Waals surface area contributed by atoms with Crippen LogP contribution in [0, 0.1) is 0 Å². The van der Waals surface area contributed by atoms with Gasteiger partial charge in [0.05, 0.1) is 18.5 Å². The molecule has 1 aromatic carbocycles. The van der Waals surface area contributed by atoms with E-state index in [2.05, 4.69) is 15.5 Å². The number of nitrogens with zero attached hydrogens (tertiary/aromatic N) is 4. The number of hydrazone groups is 1. The van der Waals surface area contributed by atoms with Gasteiger partial charge in [0.25, 0.3) is 0 Å². The Hall–Kier alpha value is -3.15. The van der Waals surface area contributed by atoms with E-state index in [4.69, 9.17) is 0 Å². The number of amides is 1. The topological polar surface area (TPSA) is 64.2 Å². The number of benzene rings is 1. The van der Waals surface area contributed by atoms with Crippen molar-refractivity contribution in [1.82, 2.24) is 19.5 Å². The molecule has 1 N–H and O–H groups in total. The molecule has 0 aliphatic rings. The van der Waals surface area contributed by atoms with Crippen LogP contribution in [-0.2, 0) is 18.3 Å². The molecular weight excluding hydrogens is 302 g/mol. The third-order valence-corrected chi connectivity index (χ3v) is 3.83. The summed E-state index contributed by atoms with van der Waals surface area (Å²) >= 11 is 0. The van der Waals surface area contributed by atoms with Gasteiger partial charge in [0.1, 0.15) is 0 Å². The van der Waals surface area contributed by atoms with Gasteiger partial charge in [-0.05, 0) is 36.8 Å². The fraction of sp³-hybridized carbons (Fsp3) is 0.167. The first-order chi connectivity index (χ1) is 11.6. The highest BCUT2D eigenvalue weighted by Crippen LogP contribution is 2.10. The Balaban J connectivity index is 1.63. The fourth-order valence-corrected chi connectivity index (χ4v) is 2.38. The largest absolute Gasteiger partial charge is 0.354 e. The molecule has 2 heterocycles. The van der Waals surface area contributed by atoms with Gasteiger partial charge in [-0.1, -0.05) is 12.1 Å². The highest BCUT2D eigenvalue weighted by Gasteiger charge is 2.06. The van der Waals surface area contributed by atoms with Gasteiger partial charge in [0, 0.05) is 37.0 Å². The average Bonchev–Trinajstić information content (AvgIpc) is 3.25. The SMILES string of the molecule is CC(=NNC(=O)Cc1cccn1C)c1ccc(-n2ccnc2)cc1. The smallest absolute Gasteiger partial charge is 0.246 e. The number of hydrogen-bond acceptors (Lipinski definition) is 3. The molecule has 0 radical (unpaired) electrons. The first kappa shape index (κ1) is 15.7. The van der Waals surface area contributed by atoms with Crippen LogP contribution in [0.25, 0.3) is 5.69 Å². The second-order valence-corrected chi connectivity index (χ2v) is 5.54. The van der Waals surface area contributed by atoms with Gasteiger partial charge in [0.2, 0.25) is 5.91 Å². The van der Waals surface area contributed by atoms with Gasteiger partial charge in [0.15, 0.2) is 0 Å². The number of rotatable bonds is 5. The average molecular weight is 321 g/mol. The Morgan fingerprint density at radius 1 is 1.21 bits per heavy atom. The molecule has 1 amide bonds. The minimum Gasteiger partial charge on any atom is -0.354 e. The standard InChI is InChI=1S/C18H19N5O/c1-14(20-21-18(24)12-17-4-3-10-22(17)2)15-5-7-16(8-6-15)23-11-9-19-13-23/h3-11,13H,12H2,1-2H3,(H,21,24). The zero-order valence-corrected chi connectivity index (χ0v) is 13.7. The maximum Gasteiger partial charge on any atom is 0.246 e. The number of hydrogen-bond donors (Lipinski definition) is 1. The summed E-state index contributed by atoms with van der Waals surface area (Å²) in [6.07, 6.45) is 7.60. The van der Waals surface area contributed by atoms with Crippen molar-refractivity contribution < 1.29 is 4.79 Å². The van der Waals surface area contributed by atoms with Crippen molar-refractivity contribution >= 4 is 11.6 Å². The van der Waals surface area contributed by atoms with E-state index in [1.807, 2.05) is 71.9 Å². The number of aryl methyl sites for hydroxylation is 1. The maximum atomic E-state index is 12.0. The molecule has 24 heavy (non-hydrogen) atoms. The summed E-state index contributed by atoms with van der Waals surface area (Å²) in [5.41, 5.74) is 6.30. The van der Waals surface area contributed by atoms with E-state index in [0.717, 1.165) is 22.7 Å². The maximum absolute atomic E-state index is 12.0. The lowest BCUT2D eigenvalue weighted by Crippen LogP contribution is -2.22. The van der Waals surface area contributed by atoms with E-state index in [-0.39, 0.29) is 5.91 Å². The lowest BCUT2D eigenvalue weighted by molar-refractivity contribution is -0.120. The molecule has 6 heteroatoms. The highest BCUT2D eigenvalue weighted by molar-refractivity contribution is 5.99. The quantitative estimate of drug-likeness (QED) is 0.579. The van der Waals surface area contributed by atoms with E-state index in [0.29, 0.717) is 6.42 Å². The summed E-state index contributed by atoms with van der Waals surface area (Å²) in [6.45, 7) is 1.87. The normalized spacial score (nSPS) is 11.5. The van der Waals surface area contributed by atoms with Crippen molar-refractivity contribution in [1.29, 1.82) is 0 Å². The zero-order chi connectivity index (χ0) is 16.9. The van der Waals surface area contributed by atoms with Crippen molar-refractivity contribution in [2.45, 2.75) is 13.3 Å². The molecule has 0 atom stereocenters. The molecule has 6 nitrogen and oxygen atoms in total. The van der Waals surface area contributed by atoms with Crippen LogP contribution in [0.3, 0.4) is 0 Å². The molecular formula is C18H19N5O. The highest BCUT2D eigenvalue weighted by atomic mass is 16.2. The molecule has 0 spiro atoms. The second kappa shape index (κ2) is 6.95. The van der Waals surface area contributed by atoms with Gasteiger partial charge in [-0.25, -0.2) is 10.4 Å². The molecule has 0 aliphatic heterocycles. The van der Waals surface area contributed by atoms with Gasteiger partial charge >= 0.3 is 0 Å². The van der Waals surface area contributed by atoms with Crippen molar-refractivity contribution in [2.75, 3.05) is 0 Å². The summed E-state index contributed by atoms with van der Waals surface area (Å²) in [5, 5.41) is 4.19. The Kier molecular flexibility index (Phi) is 4.56. The van der Waals surface area contributed by atoms with Crippen LogP contribution in [0.1, 0.15) is 18.2 Å². The van der Waals surface area contributed by atoms with Crippen molar-refractivity contribution in [3.63, 3.8) is 0 Å². The zero-order valence-electron chi connectivity index (χ0n) is 13.7. The van der Waals surface area contributed by atoms with Crippen molar-refractivity contribution in [2.24, 2.45) is 12.1 Å². The lowest BCUT2D eigenvalue weighted by atomic mass is 10.1. The van der Waals surface area contributed by atoms with E-state index in [1.165, 1.54) is 0 Å². The van der Waals surface area contributed by atoms with E-state index in [1.54, 1.807) is 12.5 Å². The predicted molar refractivity (Wildman–Crippen MR) is 93.0 cm³/mol. The van der Waals surface area contributed by atoms with Gasteiger partial charge in [-0.3, -0.25) is 4.79 Å². The van der Waals surface area contributed by atoms with Gasteiger partial charge in [-0.2, -0.15) is 5.10 Å². The molecule has 0 fully saturated rings. The van der Waals surface area contributed by atoms with Crippen molar-refractivity contribution in [3.8, 4) is 5.69 Å². The molecule has 0 bridgehead atoms. The van der Waals surface area contributed by atoms with E-state index < -0.39 is 0 Å². The third-order valence-electron chi connectivity index (χ3n) is 3.83. The molecule has 0 aliphatic carbocycles. The number of carbonyl (C=O) groups is 1. The first-order valence-corrected chi connectivity index (χ1v) is 7.65. The minimum atomic E-state index is -0.133. The number of nitrogens with one attached hydrogen (secondary N) is 1. The molecule has 3 aromatic rings. The first-order valence-electron chi connectivity index (χ1n) is 7.65. The molecule has 0 saturated carbocycles. The Labute approximate surface area is 140 Å². The molecule has 0 unspecified atom stereocenters. The Morgan fingerprint density at radius 2 is 2.00 bits per heavy atom.